The summed E-state index contributed by atoms with van der Waals surface area (Å²) in [6.07, 6.45) is 1.14. The second-order valence-corrected chi connectivity index (χ2v) is 7.39. The minimum absolute atomic E-state index is 0.235. The van der Waals surface area contributed by atoms with Crippen molar-refractivity contribution in [2.75, 3.05) is 39.3 Å². The number of aryl methyl sites for hydroxylation is 2. The Balaban J connectivity index is 1.44. The summed E-state index contributed by atoms with van der Waals surface area (Å²) in [5.74, 6) is 0.235. The van der Waals surface area contributed by atoms with Gasteiger partial charge in [0.25, 0.3) is 0 Å². The predicted octanol–water partition coefficient (Wildman–Crippen LogP) is 2.74. The molecule has 0 radical (unpaired) electrons. The number of carbonyl (C=O) groups excluding carboxylic acids is 1. The minimum atomic E-state index is 0.235. The highest BCUT2D eigenvalue weighted by Crippen LogP contribution is 2.13. The van der Waals surface area contributed by atoms with Crippen LogP contribution < -0.4 is 0 Å². The van der Waals surface area contributed by atoms with Gasteiger partial charge >= 0.3 is 0 Å². The fraction of sp³-hybridized carbons (Fsp3) is 0.500. The zero-order chi connectivity index (χ0) is 16.2. The third-order valence-corrected chi connectivity index (χ3v) is 5.47. The molecule has 0 aliphatic carbocycles. The van der Waals surface area contributed by atoms with E-state index in [9.17, 15) is 4.79 Å². The van der Waals surface area contributed by atoms with Crippen LogP contribution >= 0.6 is 11.3 Å². The van der Waals surface area contributed by atoms with Crippen molar-refractivity contribution in [1.29, 1.82) is 0 Å². The van der Waals surface area contributed by atoms with E-state index in [-0.39, 0.29) is 5.78 Å². The molecule has 1 aliphatic rings. The van der Waals surface area contributed by atoms with Crippen LogP contribution in [0, 0.1) is 13.8 Å². The third-order valence-electron chi connectivity index (χ3n) is 4.54. The van der Waals surface area contributed by atoms with Crippen LogP contribution in [0.3, 0.4) is 0 Å². The van der Waals surface area contributed by atoms with Crippen molar-refractivity contribution in [2.45, 2.75) is 20.3 Å². The Morgan fingerprint density at radius 3 is 2.57 bits per heavy atom. The number of aromatic nitrogens is 1. The Morgan fingerprint density at radius 1 is 1.22 bits per heavy atom. The van der Waals surface area contributed by atoms with Gasteiger partial charge in [0.1, 0.15) is 0 Å². The zero-order valence-electron chi connectivity index (χ0n) is 14.0. The lowest BCUT2D eigenvalue weighted by Crippen LogP contribution is -2.48. The van der Waals surface area contributed by atoms with E-state index >= 15 is 0 Å². The van der Waals surface area contributed by atoms with Gasteiger partial charge in [0, 0.05) is 54.6 Å². The van der Waals surface area contributed by atoms with Crippen molar-refractivity contribution in [3.63, 3.8) is 0 Å². The molecule has 3 rings (SSSR count). The normalized spacial score (nSPS) is 16.8. The van der Waals surface area contributed by atoms with Crippen LogP contribution in [-0.4, -0.2) is 59.8 Å². The van der Waals surface area contributed by atoms with Crippen LogP contribution in [-0.2, 0) is 6.42 Å². The summed E-state index contributed by atoms with van der Waals surface area (Å²) >= 11 is 1.84. The molecule has 0 bridgehead atoms. The third kappa shape index (κ3) is 4.31. The van der Waals surface area contributed by atoms with Crippen LogP contribution in [0.25, 0.3) is 0 Å². The molecule has 2 aromatic rings. The molecule has 3 heterocycles. The number of nitrogens with zero attached hydrogens (tertiary/aromatic N) is 2. The first kappa shape index (κ1) is 16.4. The van der Waals surface area contributed by atoms with Crippen molar-refractivity contribution in [1.82, 2.24) is 14.8 Å². The number of hydrogen-bond acceptors (Lipinski definition) is 4. The number of ketones is 1. The summed E-state index contributed by atoms with van der Waals surface area (Å²) < 4.78 is 0. The van der Waals surface area contributed by atoms with Gasteiger partial charge in [-0.05, 0) is 37.8 Å². The first-order valence-corrected chi connectivity index (χ1v) is 9.16. The topological polar surface area (TPSA) is 39.3 Å². The van der Waals surface area contributed by atoms with Gasteiger partial charge in [-0.1, -0.05) is 6.07 Å². The van der Waals surface area contributed by atoms with Crippen LogP contribution in [0.4, 0.5) is 0 Å². The zero-order valence-corrected chi connectivity index (χ0v) is 14.8. The van der Waals surface area contributed by atoms with Gasteiger partial charge in [-0.2, -0.15) is 0 Å². The summed E-state index contributed by atoms with van der Waals surface area (Å²) in [5.41, 5.74) is 2.90. The largest absolute Gasteiger partial charge is 0.362 e. The predicted molar refractivity (Wildman–Crippen MR) is 95.5 cm³/mol. The van der Waals surface area contributed by atoms with Crippen molar-refractivity contribution in [3.8, 4) is 0 Å². The molecular formula is C18H25N3OS. The van der Waals surface area contributed by atoms with Crippen LogP contribution in [0.15, 0.2) is 23.6 Å². The number of H-pyrrole nitrogens is 1. The highest BCUT2D eigenvalue weighted by atomic mass is 32.1. The fourth-order valence-corrected chi connectivity index (χ4v) is 3.89. The number of Topliss-reactive ketones (excluding diaryl/α,β-unsaturated/α-hetero) is 1. The molecule has 0 unspecified atom stereocenters. The van der Waals surface area contributed by atoms with Crippen LogP contribution in [0.1, 0.15) is 26.6 Å². The quantitative estimate of drug-likeness (QED) is 0.827. The van der Waals surface area contributed by atoms with Gasteiger partial charge < -0.3 is 9.88 Å². The molecule has 1 saturated heterocycles. The smallest absolute Gasteiger partial charge is 0.178 e. The second kappa shape index (κ2) is 7.43. The number of thiophene rings is 1. The Kier molecular flexibility index (Phi) is 5.30. The molecule has 0 saturated carbocycles. The van der Waals surface area contributed by atoms with Gasteiger partial charge in [0.05, 0.1) is 6.54 Å². The molecule has 2 aromatic heterocycles. The summed E-state index contributed by atoms with van der Waals surface area (Å²) in [6.45, 7) is 9.72. The molecule has 0 spiro atoms. The first-order chi connectivity index (χ1) is 11.1. The molecule has 1 aliphatic heterocycles. The molecule has 5 heteroatoms. The Labute approximate surface area is 142 Å². The lowest BCUT2D eigenvalue weighted by Gasteiger charge is -2.34. The second-order valence-electron chi connectivity index (χ2n) is 6.36. The molecule has 0 atom stereocenters. The van der Waals surface area contributed by atoms with Gasteiger partial charge in [0.15, 0.2) is 5.78 Å². The lowest BCUT2D eigenvalue weighted by molar-refractivity contribution is 0.0854. The van der Waals surface area contributed by atoms with Crippen LogP contribution in [0.2, 0.25) is 0 Å². The maximum atomic E-state index is 12.4. The van der Waals surface area contributed by atoms with Gasteiger partial charge in [-0.15, -0.1) is 11.3 Å². The molecule has 0 amide bonds. The molecule has 124 valence electrons. The summed E-state index contributed by atoms with van der Waals surface area (Å²) in [6, 6.07) is 6.30. The number of hydrogen-bond donors (Lipinski definition) is 1. The standard InChI is InChI=1S/C18H25N3OS/c1-14-12-17(15(2)19-14)18(22)13-21-9-7-20(8-10-21)6-5-16-4-3-11-23-16/h3-4,11-12,19H,5-10,13H2,1-2H3. The SMILES string of the molecule is Cc1cc(C(=O)CN2CCN(CCc3cccs3)CC2)c(C)[nH]1. The average Bonchev–Trinajstić information content (AvgIpc) is 3.16. The minimum Gasteiger partial charge on any atom is -0.362 e. The molecular weight excluding hydrogens is 306 g/mol. The summed E-state index contributed by atoms with van der Waals surface area (Å²) in [4.78, 5) is 21.9. The van der Waals surface area contributed by atoms with Gasteiger partial charge in [0.2, 0.25) is 0 Å². The van der Waals surface area contributed by atoms with E-state index in [4.69, 9.17) is 0 Å². The number of aromatic amines is 1. The Hall–Kier alpha value is -1.43. The van der Waals surface area contributed by atoms with Crippen molar-refractivity contribution in [3.05, 3.63) is 45.4 Å². The van der Waals surface area contributed by atoms with Gasteiger partial charge in [-0.25, -0.2) is 0 Å². The van der Waals surface area contributed by atoms with Crippen LogP contribution in [0.5, 0.6) is 0 Å². The first-order valence-electron chi connectivity index (χ1n) is 8.28. The maximum absolute atomic E-state index is 12.4. The van der Waals surface area contributed by atoms with Crippen molar-refractivity contribution >= 4 is 17.1 Å². The Morgan fingerprint density at radius 2 is 1.96 bits per heavy atom. The van der Waals surface area contributed by atoms with Crippen molar-refractivity contribution in [2.24, 2.45) is 0 Å². The van der Waals surface area contributed by atoms with E-state index in [0.29, 0.717) is 6.54 Å². The monoisotopic (exact) mass is 331 g/mol. The molecule has 1 fully saturated rings. The van der Waals surface area contributed by atoms with E-state index in [1.165, 1.54) is 4.88 Å². The van der Waals surface area contributed by atoms with Crippen molar-refractivity contribution < 1.29 is 4.79 Å². The maximum Gasteiger partial charge on any atom is 0.178 e. The Bertz CT molecular complexity index is 639. The molecule has 4 nitrogen and oxygen atoms in total. The number of carbonyl (C=O) groups is 1. The number of rotatable bonds is 6. The highest BCUT2D eigenvalue weighted by Gasteiger charge is 2.20. The summed E-state index contributed by atoms with van der Waals surface area (Å²) in [5, 5.41) is 2.14. The van der Waals surface area contributed by atoms with E-state index in [1.54, 1.807) is 0 Å². The molecule has 23 heavy (non-hydrogen) atoms. The molecule has 1 N–H and O–H groups in total. The highest BCUT2D eigenvalue weighted by molar-refractivity contribution is 7.09. The number of piperazine rings is 1. The average molecular weight is 331 g/mol. The van der Waals surface area contributed by atoms with E-state index < -0.39 is 0 Å². The molecule has 0 aromatic carbocycles. The van der Waals surface area contributed by atoms with E-state index in [2.05, 4.69) is 32.3 Å². The lowest BCUT2D eigenvalue weighted by atomic mass is 10.1. The summed E-state index contributed by atoms with van der Waals surface area (Å²) in [7, 11) is 0. The van der Waals surface area contributed by atoms with E-state index in [0.717, 1.165) is 56.1 Å². The fourth-order valence-electron chi connectivity index (χ4n) is 3.20. The van der Waals surface area contributed by atoms with Gasteiger partial charge in [-0.3, -0.25) is 9.69 Å². The number of nitrogens with one attached hydrogen (secondary N) is 1. The van der Waals surface area contributed by atoms with E-state index in [1.807, 2.05) is 31.3 Å².